The Labute approximate surface area is 129 Å². The molecule has 3 nitrogen and oxygen atoms in total. The van der Waals surface area contributed by atoms with Gasteiger partial charge in [-0.2, -0.15) is 0 Å². The standard InChI is InChI=1S/C15H12BrN3S/c16-12-5-6-14(18-9-12)20-15-11(8-17)7-10-3-1-2-4-13(10)19-15/h1-7,9H,8,17H2. The van der Waals surface area contributed by atoms with E-state index in [-0.39, 0.29) is 0 Å². The third-order valence-corrected chi connectivity index (χ3v) is 4.35. The number of halogens is 1. The second kappa shape index (κ2) is 5.91. The topological polar surface area (TPSA) is 51.8 Å². The summed E-state index contributed by atoms with van der Waals surface area (Å²) in [5.41, 5.74) is 7.85. The fourth-order valence-electron chi connectivity index (χ4n) is 1.90. The summed E-state index contributed by atoms with van der Waals surface area (Å²) in [6.45, 7) is 0.469. The first-order valence-electron chi connectivity index (χ1n) is 6.14. The number of aromatic nitrogens is 2. The van der Waals surface area contributed by atoms with Gasteiger partial charge in [-0.05, 0) is 57.5 Å². The van der Waals surface area contributed by atoms with Gasteiger partial charge in [-0.3, -0.25) is 0 Å². The number of pyridine rings is 2. The second-order valence-electron chi connectivity index (χ2n) is 4.27. The Balaban J connectivity index is 2.03. The number of benzene rings is 1. The first-order chi connectivity index (χ1) is 9.76. The van der Waals surface area contributed by atoms with Crippen LogP contribution in [0.25, 0.3) is 10.9 Å². The summed E-state index contributed by atoms with van der Waals surface area (Å²) >= 11 is 4.92. The molecular weight excluding hydrogens is 334 g/mol. The Morgan fingerprint density at radius 3 is 2.75 bits per heavy atom. The van der Waals surface area contributed by atoms with Gasteiger partial charge in [0.15, 0.2) is 0 Å². The van der Waals surface area contributed by atoms with E-state index in [2.05, 4.69) is 27.0 Å². The molecule has 0 bridgehead atoms. The van der Waals surface area contributed by atoms with Gasteiger partial charge in [-0.1, -0.05) is 18.2 Å². The molecule has 2 aromatic heterocycles. The van der Waals surface area contributed by atoms with Crippen molar-refractivity contribution in [1.82, 2.24) is 9.97 Å². The van der Waals surface area contributed by atoms with Gasteiger partial charge < -0.3 is 5.73 Å². The van der Waals surface area contributed by atoms with Crippen LogP contribution in [0.3, 0.4) is 0 Å². The Morgan fingerprint density at radius 1 is 1.15 bits per heavy atom. The van der Waals surface area contributed by atoms with Gasteiger partial charge >= 0.3 is 0 Å². The Hall–Kier alpha value is -1.43. The number of rotatable bonds is 3. The maximum absolute atomic E-state index is 5.84. The van der Waals surface area contributed by atoms with E-state index in [0.29, 0.717) is 6.54 Å². The minimum Gasteiger partial charge on any atom is -0.326 e. The van der Waals surface area contributed by atoms with Gasteiger partial charge in [0.05, 0.1) is 5.52 Å². The molecule has 0 unspecified atom stereocenters. The van der Waals surface area contributed by atoms with Crippen LogP contribution in [-0.2, 0) is 6.54 Å². The maximum atomic E-state index is 5.84. The first-order valence-corrected chi connectivity index (χ1v) is 7.75. The Kier molecular flexibility index (Phi) is 4.00. The Morgan fingerprint density at radius 2 is 2.00 bits per heavy atom. The van der Waals surface area contributed by atoms with Crippen LogP contribution in [0.5, 0.6) is 0 Å². The fraction of sp³-hybridized carbons (Fsp3) is 0.0667. The molecule has 0 amide bonds. The molecule has 2 heterocycles. The van der Waals surface area contributed by atoms with Crippen molar-refractivity contribution in [1.29, 1.82) is 0 Å². The average molecular weight is 346 g/mol. The largest absolute Gasteiger partial charge is 0.326 e. The highest BCUT2D eigenvalue weighted by atomic mass is 79.9. The zero-order chi connectivity index (χ0) is 13.9. The minimum absolute atomic E-state index is 0.469. The van der Waals surface area contributed by atoms with Gasteiger partial charge in [-0.15, -0.1) is 0 Å². The zero-order valence-electron chi connectivity index (χ0n) is 10.6. The average Bonchev–Trinajstić information content (AvgIpc) is 2.49. The lowest BCUT2D eigenvalue weighted by Crippen LogP contribution is -2.00. The van der Waals surface area contributed by atoms with Crippen molar-refractivity contribution in [3.8, 4) is 0 Å². The van der Waals surface area contributed by atoms with Crippen LogP contribution in [0.1, 0.15) is 5.56 Å². The SMILES string of the molecule is NCc1cc2ccccc2nc1Sc1ccc(Br)cn1. The molecule has 1 aromatic carbocycles. The van der Waals surface area contributed by atoms with Crippen molar-refractivity contribution in [2.45, 2.75) is 16.6 Å². The number of hydrogen-bond donors (Lipinski definition) is 1. The highest BCUT2D eigenvalue weighted by molar-refractivity contribution is 9.10. The van der Waals surface area contributed by atoms with Gasteiger partial charge in [0, 0.05) is 22.6 Å². The van der Waals surface area contributed by atoms with E-state index in [4.69, 9.17) is 10.7 Å². The van der Waals surface area contributed by atoms with E-state index in [1.165, 1.54) is 11.8 Å². The maximum Gasteiger partial charge on any atom is 0.107 e. The van der Waals surface area contributed by atoms with Gasteiger partial charge in [0.1, 0.15) is 10.1 Å². The predicted molar refractivity (Wildman–Crippen MR) is 85.7 cm³/mol. The molecule has 100 valence electrons. The predicted octanol–water partition coefficient (Wildman–Crippen LogP) is 4.00. The normalized spacial score (nSPS) is 10.9. The molecule has 0 saturated heterocycles. The van der Waals surface area contributed by atoms with E-state index in [1.54, 1.807) is 6.20 Å². The molecule has 5 heteroatoms. The summed E-state index contributed by atoms with van der Waals surface area (Å²) in [4.78, 5) is 9.06. The summed E-state index contributed by atoms with van der Waals surface area (Å²) in [7, 11) is 0. The Bertz CT molecular complexity index is 744. The second-order valence-corrected chi connectivity index (χ2v) is 6.19. The summed E-state index contributed by atoms with van der Waals surface area (Å²) in [5.74, 6) is 0. The van der Waals surface area contributed by atoms with Crippen molar-refractivity contribution in [2.75, 3.05) is 0 Å². The number of nitrogens with zero attached hydrogens (tertiary/aromatic N) is 2. The van der Waals surface area contributed by atoms with Crippen molar-refractivity contribution in [2.24, 2.45) is 5.73 Å². The summed E-state index contributed by atoms with van der Waals surface area (Å²) < 4.78 is 0.965. The molecule has 0 atom stereocenters. The minimum atomic E-state index is 0.469. The number of nitrogens with two attached hydrogens (primary N) is 1. The molecule has 20 heavy (non-hydrogen) atoms. The van der Waals surface area contributed by atoms with E-state index in [0.717, 1.165) is 31.0 Å². The van der Waals surface area contributed by atoms with Crippen molar-refractivity contribution in [3.05, 3.63) is 58.7 Å². The molecule has 2 N–H and O–H groups in total. The van der Waals surface area contributed by atoms with Crippen LogP contribution in [0, 0.1) is 0 Å². The highest BCUT2D eigenvalue weighted by Crippen LogP contribution is 2.30. The van der Waals surface area contributed by atoms with Crippen LogP contribution in [-0.4, -0.2) is 9.97 Å². The molecule has 0 radical (unpaired) electrons. The molecule has 3 rings (SSSR count). The smallest absolute Gasteiger partial charge is 0.107 e. The quantitative estimate of drug-likeness (QED) is 0.779. The number of hydrogen-bond acceptors (Lipinski definition) is 4. The molecule has 3 aromatic rings. The lowest BCUT2D eigenvalue weighted by molar-refractivity contribution is 0.977. The highest BCUT2D eigenvalue weighted by Gasteiger charge is 2.08. The van der Waals surface area contributed by atoms with Crippen LogP contribution < -0.4 is 5.73 Å². The number of para-hydroxylation sites is 1. The summed E-state index contributed by atoms with van der Waals surface area (Å²) in [6, 6.07) is 14.1. The number of fused-ring (bicyclic) bond motifs is 1. The van der Waals surface area contributed by atoms with Gasteiger partial charge in [0.2, 0.25) is 0 Å². The van der Waals surface area contributed by atoms with Gasteiger partial charge in [0.25, 0.3) is 0 Å². The lowest BCUT2D eigenvalue weighted by Gasteiger charge is -2.08. The zero-order valence-corrected chi connectivity index (χ0v) is 13.0. The van der Waals surface area contributed by atoms with E-state index < -0.39 is 0 Å². The molecule has 0 aliphatic heterocycles. The lowest BCUT2D eigenvalue weighted by atomic mass is 10.1. The van der Waals surface area contributed by atoms with Crippen molar-refractivity contribution in [3.63, 3.8) is 0 Å². The summed E-state index contributed by atoms with van der Waals surface area (Å²) in [6.07, 6.45) is 1.78. The first kappa shape index (κ1) is 13.5. The molecule has 0 spiro atoms. The van der Waals surface area contributed by atoms with Crippen molar-refractivity contribution >= 4 is 38.6 Å². The molecular formula is C15H12BrN3S. The van der Waals surface area contributed by atoms with Crippen LogP contribution >= 0.6 is 27.7 Å². The van der Waals surface area contributed by atoms with E-state index in [9.17, 15) is 0 Å². The van der Waals surface area contributed by atoms with Gasteiger partial charge in [-0.25, -0.2) is 9.97 Å². The van der Waals surface area contributed by atoms with E-state index >= 15 is 0 Å². The fourth-order valence-corrected chi connectivity index (χ4v) is 2.99. The monoisotopic (exact) mass is 345 g/mol. The molecule has 0 fully saturated rings. The van der Waals surface area contributed by atoms with Crippen LogP contribution in [0.4, 0.5) is 0 Å². The molecule has 0 aliphatic carbocycles. The van der Waals surface area contributed by atoms with Crippen molar-refractivity contribution < 1.29 is 0 Å². The van der Waals surface area contributed by atoms with Crippen LogP contribution in [0.2, 0.25) is 0 Å². The third-order valence-electron chi connectivity index (χ3n) is 2.88. The summed E-state index contributed by atoms with van der Waals surface area (Å²) in [5, 5.41) is 2.94. The molecule has 0 saturated carbocycles. The third kappa shape index (κ3) is 2.85. The van der Waals surface area contributed by atoms with E-state index in [1.807, 2.05) is 36.4 Å². The molecule has 0 aliphatic rings. The van der Waals surface area contributed by atoms with Crippen LogP contribution in [0.15, 0.2) is 63.2 Å².